The van der Waals surface area contributed by atoms with Gasteiger partial charge in [0.15, 0.2) is 0 Å². The Morgan fingerprint density at radius 1 is 1.36 bits per heavy atom. The van der Waals surface area contributed by atoms with Gasteiger partial charge in [0.05, 0.1) is 17.8 Å². The van der Waals surface area contributed by atoms with Crippen LogP contribution in [0.1, 0.15) is 28.8 Å². The fourth-order valence-corrected chi connectivity index (χ4v) is 2.94. The van der Waals surface area contributed by atoms with E-state index in [1.807, 2.05) is 0 Å². The monoisotopic (exact) mass is 359 g/mol. The maximum Gasteiger partial charge on any atom is 0.251 e. The van der Waals surface area contributed by atoms with E-state index in [9.17, 15) is 9.59 Å². The van der Waals surface area contributed by atoms with Crippen LogP contribution in [0, 0.1) is 0 Å². The van der Waals surface area contributed by atoms with Gasteiger partial charge in [0.1, 0.15) is 0 Å². The molecule has 130 valence electrons. The van der Waals surface area contributed by atoms with Gasteiger partial charge >= 0.3 is 0 Å². The summed E-state index contributed by atoms with van der Waals surface area (Å²) in [5.74, 6) is 0.289. The van der Waals surface area contributed by atoms with E-state index in [0.717, 1.165) is 12.0 Å². The third kappa shape index (κ3) is 3.91. The van der Waals surface area contributed by atoms with Crippen LogP contribution in [0.3, 0.4) is 0 Å². The molecule has 1 aliphatic heterocycles. The van der Waals surface area contributed by atoms with E-state index in [1.165, 1.54) is 0 Å². The minimum absolute atomic E-state index is 0.0309. The zero-order chi connectivity index (χ0) is 17.8. The van der Waals surface area contributed by atoms with Crippen LogP contribution in [0.4, 0.5) is 5.69 Å². The van der Waals surface area contributed by atoms with Gasteiger partial charge in [-0.2, -0.15) is 0 Å². The van der Waals surface area contributed by atoms with Crippen molar-refractivity contribution < 1.29 is 14.3 Å². The molecule has 3 rings (SSSR count). The zero-order valence-electron chi connectivity index (χ0n) is 13.8. The Morgan fingerprint density at radius 3 is 2.92 bits per heavy atom. The van der Waals surface area contributed by atoms with Crippen molar-refractivity contribution in [2.24, 2.45) is 0 Å². The van der Waals surface area contributed by atoms with Crippen LogP contribution in [-0.2, 0) is 11.3 Å². The third-order valence-electron chi connectivity index (χ3n) is 4.03. The van der Waals surface area contributed by atoms with Gasteiger partial charge < -0.3 is 15.0 Å². The summed E-state index contributed by atoms with van der Waals surface area (Å²) in [5.41, 5.74) is 1.92. The van der Waals surface area contributed by atoms with Crippen molar-refractivity contribution in [3.05, 3.63) is 52.7 Å². The topological polar surface area (TPSA) is 71.5 Å². The molecule has 7 heteroatoms. The molecule has 1 aromatic carbocycles. The highest BCUT2D eigenvalue weighted by molar-refractivity contribution is 6.34. The number of methoxy groups -OCH3 is 1. The maximum absolute atomic E-state index is 12.4. The number of carbonyl (C=O) groups excluding carboxylic acids is 2. The van der Waals surface area contributed by atoms with E-state index in [1.54, 1.807) is 48.5 Å². The molecule has 1 fully saturated rings. The van der Waals surface area contributed by atoms with E-state index in [0.29, 0.717) is 41.7 Å². The van der Waals surface area contributed by atoms with E-state index in [2.05, 4.69) is 10.3 Å². The highest BCUT2D eigenvalue weighted by Gasteiger charge is 2.24. The average molecular weight is 360 g/mol. The number of carbonyl (C=O) groups is 2. The quantitative estimate of drug-likeness (QED) is 0.891. The number of anilines is 1. The number of nitrogens with one attached hydrogen (secondary N) is 1. The number of nitrogens with zero attached hydrogens (tertiary/aromatic N) is 2. The number of aromatic nitrogens is 1. The molecule has 0 saturated carbocycles. The Kier molecular flexibility index (Phi) is 5.19. The first-order valence-electron chi connectivity index (χ1n) is 7.95. The lowest BCUT2D eigenvalue weighted by molar-refractivity contribution is -0.117. The summed E-state index contributed by atoms with van der Waals surface area (Å²) in [5, 5.41) is 3.31. The SMILES string of the molecule is COc1cc(CNC(=O)c2ccc(Cl)c(N3CCCC3=O)c2)ccn1. The van der Waals surface area contributed by atoms with Crippen molar-refractivity contribution in [3.63, 3.8) is 0 Å². The van der Waals surface area contributed by atoms with Gasteiger partial charge in [0, 0.05) is 37.3 Å². The van der Waals surface area contributed by atoms with Crippen molar-refractivity contribution in [1.82, 2.24) is 10.3 Å². The van der Waals surface area contributed by atoms with Crippen LogP contribution in [0.25, 0.3) is 0 Å². The average Bonchev–Trinajstić information content (AvgIpc) is 3.06. The Hall–Kier alpha value is -2.60. The van der Waals surface area contributed by atoms with Gasteiger partial charge in [-0.1, -0.05) is 11.6 Å². The van der Waals surface area contributed by atoms with Gasteiger partial charge in [-0.3, -0.25) is 9.59 Å². The second-order valence-electron chi connectivity index (χ2n) is 5.70. The van der Waals surface area contributed by atoms with Gasteiger partial charge in [-0.15, -0.1) is 0 Å². The van der Waals surface area contributed by atoms with E-state index < -0.39 is 0 Å². The molecule has 2 amide bonds. The van der Waals surface area contributed by atoms with Gasteiger partial charge in [0.25, 0.3) is 5.91 Å². The number of hydrogen-bond donors (Lipinski definition) is 1. The number of benzene rings is 1. The summed E-state index contributed by atoms with van der Waals surface area (Å²) in [7, 11) is 1.54. The minimum atomic E-state index is -0.236. The molecule has 1 aromatic heterocycles. The van der Waals surface area contributed by atoms with Crippen molar-refractivity contribution in [1.29, 1.82) is 0 Å². The second kappa shape index (κ2) is 7.53. The molecular formula is C18H18ClN3O3. The second-order valence-corrected chi connectivity index (χ2v) is 6.11. The molecule has 1 aliphatic rings. The number of halogens is 1. The molecule has 0 spiro atoms. The van der Waals surface area contributed by atoms with Crippen molar-refractivity contribution in [2.75, 3.05) is 18.6 Å². The minimum Gasteiger partial charge on any atom is -0.481 e. The highest BCUT2D eigenvalue weighted by Crippen LogP contribution is 2.30. The Morgan fingerprint density at radius 2 is 2.20 bits per heavy atom. The molecule has 0 atom stereocenters. The van der Waals surface area contributed by atoms with Crippen molar-refractivity contribution in [3.8, 4) is 5.88 Å². The lowest BCUT2D eigenvalue weighted by Gasteiger charge is -2.18. The fraction of sp³-hybridized carbons (Fsp3) is 0.278. The van der Waals surface area contributed by atoms with E-state index in [4.69, 9.17) is 16.3 Å². The van der Waals surface area contributed by atoms with Gasteiger partial charge in [-0.05, 0) is 36.2 Å². The first-order valence-corrected chi connectivity index (χ1v) is 8.33. The largest absolute Gasteiger partial charge is 0.481 e. The lowest BCUT2D eigenvalue weighted by Crippen LogP contribution is -2.26. The van der Waals surface area contributed by atoms with Crippen LogP contribution in [0.2, 0.25) is 5.02 Å². The van der Waals surface area contributed by atoms with Crippen molar-refractivity contribution >= 4 is 29.1 Å². The smallest absolute Gasteiger partial charge is 0.251 e. The molecular weight excluding hydrogens is 342 g/mol. The van der Waals surface area contributed by atoms with Crippen LogP contribution in [0.5, 0.6) is 5.88 Å². The Labute approximate surface area is 150 Å². The summed E-state index contributed by atoms with van der Waals surface area (Å²) in [6.07, 6.45) is 2.94. The van der Waals surface area contributed by atoms with Gasteiger partial charge in [-0.25, -0.2) is 4.98 Å². The fourth-order valence-electron chi connectivity index (χ4n) is 2.72. The number of amides is 2. The predicted molar refractivity (Wildman–Crippen MR) is 95.0 cm³/mol. The standard InChI is InChI=1S/C18H18ClN3O3/c1-25-16-9-12(6-7-20-16)11-21-18(24)13-4-5-14(19)15(10-13)22-8-2-3-17(22)23/h4-7,9-10H,2-3,8,11H2,1H3,(H,21,24). The molecule has 2 heterocycles. The zero-order valence-corrected chi connectivity index (χ0v) is 14.5. The summed E-state index contributed by atoms with van der Waals surface area (Å²) < 4.78 is 5.07. The van der Waals surface area contributed by atoms with Crippen molar-refractivity contribution in [2.45, 2.75) is 19.4 Å². The van der Waals surface area contributed by atoms with Gasteiger partial charge in [0.2, 0.25) is 11.8 Å². The molecule has 2 aromatic rings. The maximum atomic E-state index is 12.4. The first-order chi connectivity index (χ1) is 12.1. The molecule has 25 heavy (non-hydrogen) atoms. The lowest BCUT2D eigenvalue weighted by atomic mass is 10.1. The first kappa shape index (κ1) is 17.2. The molecule has 1 saturated heterocycles. The Bertz CT molecular complexity index is 810. The van der Waals surface area contributed by atoms with Crippen LogP contribution in [0.15, 0.2) is 36.5 Å². The van der Waals surface area contributed by atoms with E-state index >= 15 is 0 Å². The normalized spacial score (nSPS) is 13.8. The number of pyridine rings is 1. The highest BCUT2D eigenvalue weighted by atomic mass is 35.5. The molecule has 0 radical (unpaired) electrons. The molecule has 0 aliphatic carbocycles. The van der Waals surface area contributed by atoms with Crippen LogP contribution < -0.4 is 15.0 Å². The third-order valence-corrected chi connectivity index (χ3v) is 4.35. The molecule has 6 nitrogen and oxygen atoms in total. The summed E-state index contributed by atoms with van der Waals surface area (Å²) in [6, 6.07) is 8.52. The van der Waals surface area contributed by atoms with E-state index in [-0.39, 0.29) is 11.8 Å². The summed E-state index contributed by atoms with van der Waals surface area (Å²) in [4.78, 5) is 30.0. The molecule has 0 unspecified atom stereocenters. The summed E-state index contributed by atoms with van der Waals surface area (Å²) >= 11 is 6.21. The molecule has 0 bridgehead atoms. The molecule has 1 N–H and O–H groups in total. The Balaban J connectivity index is 1.72. The predicted octanol–water partition coefficient (Wildman–Crippen LogP) is 2.80. The number of hydrogen-bond acceptors (Lipinski definition) is 4. The number of ether oxygens (including phenoxy) is 1. The van der Waals surface area contributed by atoms with Crippen LogP contribution >= 0.6 is 11.6 Å². The number of rotatable bonds is 5. The summed E-state index contributed by atoms with van der Waals surface area (Å²) in [6.45, 7) is 0.971. The van der Waals surface area contributed by atoms with Crippen LogP contribution in [-0.4, -0.2) is 30.5 Å².